The van der Waals surface area contributed by atoms with E-state index in [0.29, 0.717) is 6.54 Å². The van der Waals surface area contributed by atoms with Gasteiger partial charge in [-0.1, -0.05) is 12.1 Å². The molecule has 0 heterocycles. The maximum atomic E-state index is 12.4. The van der Waals surface area contributed by atoms with Crippen molar-refractivity contribution in [1.82, 2.24) is 4.72 Å². The first kappa shape index (κ1) is 20.4. The Bertz CT molecular complexity index is 953. The van der Waals surface area contributed by atoms with E-state index in [9.17, 15) is 16.8 Å². The maximum absolute atomic E-state index is 12.4. The molecule has 0 fully saturated rings. The topological polar surface area (TPSA) is 83.6 Å². The Morgan fingerprint density at radius 3 is 2.12 bits per heavy atom. The van der Waals surface area contributed by atoms with Gasteiger partial charge in [0.05, 0.1) is 9.79 Å². The molecule has 6 nitrogen and oxygen atoms in total. The zero-order valence-corrected chi connectivity index (χ0v) is 16.8. The van der Waals surface area contributed by atoms with Gasteiger partial charge in [0, 0.05) is 31.6 Å². The van der Waals surface area contributed by atoms with E-state index >= 15 is 0 Å². The summed E-state index contributed by atoms with van der Waals surface area (Å²) in [6.45, 7) is 5.56. The molecule has 0 aliphatic heterocycles. The van der Waals surface area contributed by atoms with Crippen LogP contribution in [0.15, 0.2) is 58.3 Å². The van der Waals surface area contributed by atoms with Crippen molar-refractivity contribution in [3.8, 4) is 0 Å². The second-order valence-corrected chi connectivity index (χ2v) is 9.84. The first-order valence-corrected chi connectivity index (χ1v) is 11.6. The molecule has 142 valence electrons. The van der Waals surface area contributed by atoms with Crippen LogP contribution in [-0.4, -0.2) is 42.7 Å². The predicted molar refractivity (Wildman–Crippen MR) is 104 cm³/mol. The highest BCUT2D eigenvalue weighted by atomic mass is 32.2. The van der Waals surface area contributed by atoms with E-state index in [1.807, 2.05) is 32.0 Å². The van der Waals surface area contributed by atoms with E-state index in [2.05, 4.69) is 15.7 Å². The smallest absolute Gasteiger partial charge is 0.240 e. The first-order valence-electron chi connectivity index (χ1n) is 8.25. The van der Waals surface area contributed by atoms with Gasteiger partial charge < -0.3 is 4.90 Å². The third-order valence-corrected chi connectivity index (χ3v) is 6.59. The number of aryl methyl sites for hydroxylation is 1. The molecule has 8 heteroatoms. The van der Waals surface area contributed by atoms with Gasteiger partial charge in [-0.05, 0) is 55.8 Å². The average Bonchev–Trinajstić information content (AvgIpc) is 2.58. The maximum Gasteiger partial charge on any atom is 0.240 e. The van der Waals surface area contributed by atoms with Crippen molar-refractivity contribution in [2.45, 2.75) is 23.6 Å². The summed E-state index contributed by atoms with van der Waals surface area (Å²) >= 11 is 0. The van der Waals surface area contributed by atoms with Crippen molar-refractivity contribution in [1.29, 1.82) is 0 Å². The number of benzene rings is 2. The first-order chi connectivity index (χ1) is 12.1. The molecular formula is C18H24N2O4S2. The minimum Gasteiger partial charge on any atom is -0.370 e. The highest BCUT2D eigenvalue weighted by Gasteiger charge is 2.16. The lowest BCUT2D eigenvalue weighted by molar-refractivity contribution is 0.580. The quantitative estimate of drug-likeness (QED) is 0.740. The highest BCUT2D eigenvalue weighted by molar-refractivity contribution is 7.90. The number of sulfonamides is 1. The van der Waals surface area contributed by atoms with Crippen LogP contribution in [0.3, 0.4) is 0 Å². The number of nitrogens with zero attached hydrogens (tertiary/aromatic N) is 1. The number of nitrogens with one attached hydrogen (secondary N) is 1. The van der Waals surface area contributed by atoms with Gasteiger partial charge in [-0.25, -0.2) is 21.6 Å². The normalized spacial score (nSPS) is 12.1. The van der Waals surface area contributed by atoms with Gasteiger partial charge in [0.15, 0.2) is 9.84 Å². The lowest BCUT2D eigenvalue weighted by atomic mass is 10.2. The third kappa shape index (κ3) is 5.30. The van der Waals surface area contributed by atoms with Crippen molar-refractivity contribution in [3.05, 3.63) is 54.1 Å². The zero-order valence-electron chi connectivity index (χ0n) is 15.1. The predicted octanol–water partition coefficient (Wildman–Crippen LogP) is 2.20. The molecule has 2 rings (SSSR count). The summed E-state index contributed by atoms with van der Waals surface area (Å²) in [5.74, 6) is 0. The number of likely N-dealkylation sites (N-methyl/N-ethyl adjacent to an activating group) is 1. The molecule has 0 radical (unpaired) electrons. The number of sulfone groups is 1. The monoisotopic (exact) mass is 396 g/mol. The standard InChI is InChI=1S/C18H24N2O4S2/c1-4-20(16-7-5-6-15(2)14-16)13-12-19-26(23,24)18-10-8-17(9-11-18)25(3,21)22/h5-11,14,19H,4,12-13H2,1-3H3. The van der Waals surface area contributed by atoms with Crippen LogP contribution in [0.5, 0.6) is 0 Å². The van der Waals surface area contributed by atoms with Crippen LogP contribution in [0, 0.1) is 6.92 Å². The van der Waals surface area contributed by atoms with Crippen LogP contribution in [0.2, 0.25) is 0 Å². The van der Waals surface area contributed by atoms with Gasteiger partial charge in [-0.2, -0.15) is 0 Å². The number of hydrogen-bond acceptors (Lipinski definition) is 5. The fraction of sp³-hybridized carbons (Fsp3) is 0.333. The summed E-state index contributed by atoms with van der Waals surface area (Å²) in [5, 5.41) is 0. The molecule has 0 saturated heterocycles. The van der Waals surface area contributed by atoms with Crippen molar-refractivity contribution in [2.75, 3.05) is 30.8 Å². The Hall–Kier alpha value is -1.90. The largest absolute Gasteiger partial charge is 0.370 e. The molecule has 1 N–H and O–H groups in total. The Morgan fingerprint density at radius 2 is 1.58 bits per heavy atom. The van der Waals surface area contributed by atoms with Gasteiger partial charge in [0.2, 0.25) is 10.0 Å². The van der Waals surface area contributed by atoms with E-state index in [1.165, 1.54) is 24.3 Å². The van der Waals surface area contributed by atoms with E-state index in [1.54, 1.807) is 0 Å². The van der Waals surface area contributed by atoms with Crippen molar-refractivity contribution >= 4 is 25.5 Å². The Kier molecular flexibility index (Phi) is 6.44. The Morgan fingerprint density at radius 1 is 0.962 bits per heavy atom. The molecule has 0 aliphatic carbocycles. The lowest BCUT2D eigenvalue weighted by Crippen LogP contribution is -2.35. The molecule has 0 amide bonds. The molecule has 2 aromatic carbocycles. The minimum atomic E-state index is -3.69. The summed E-state index contributed by atoms with van der Waals surface area (Å²) in [6.07, 6.45) is 1.08. The number of hydrogen-bond donors (Lipinski definition) is 1. The summed E-state index contributed by atoms with van der Waals surface area (Å²) in [6, 6.07) is 13.2. The second-order valence-electron chi connectivity index (χ2n) is 6.06. The van der Waals surface area contributed by atoms with Crippen molar-refractivity contribution < 1.29 is 16.8 Å². The highest BCUT2D eigenvalue weighted by Crippen LogP contribution is 2.16. The SMILES string of the molecule is CCN(CCNS(=O)(=O)c1ccc(S(C)(=O)=O)cc1)c1cccc(C)c1. The molecule has 26 heavy (non-hydrogen) atoms. The van der Waals surface area contributed by atoms with Crippen molar-refractivity contribution in [2.24, 2.45) is 0 Å². The molecule has 0 atom stereocenters. The molecular weight excluding hydrogens is 372 g/mol. The molecule has 0 spiro atoms. The zero-order chi connectivity index (χ0) is 19.4. The van der Waals surface area contributed by atoms with E-state index in [0.717, 1.165) is 24.1 Å². The van der Waals surface area contributed by atoms with E-state index in [4.69, 9.17) is 0 Å². The van der Waals surface area contributed by atoms with E-state index < -0.39 is 19.9 Å². The fourth-order valence-corrected chi connectivity index (χ4v) is 4.21. The van der Waals surface area contributed by atoms with Gasteiger partial charge in [0.25, 0.3) is 0 Å². The van der Waals surface area contributed by atoms with Gasteiger partial charge in [-0.3, -0.25) is 0 Å². The van der Waals surface area contributed by atoms with Crippen LogP contribution >= 0.6 is 0 Å². The summed E-state index contributed by atoms with van der Waals surface area (Å²) in [5.41, 5.74) is 2.19. The Labute approximate surface area is 155 Å². The third-order valence-electron chi connectivity index (χ3n) is 3.98. The fourth-order valence-electron chi connectivity index (χ4n) is 2.56. The molecule has 0 aliphatic rings. The van der Waals surface area contributed by atoms with Crippen LogP contribution in [-0.2, 0) is 19.9 Å². The summed E-state index contributed by atoms with van der Waals surface area (Å²) < 4.78 is 50.2. The van der Waals surface area contributed by atoms with Crippen molar-refractivity contribution in [3.63, 3.8) is 0 Å². The van der Waals surface area contributed by atoms with Gasteiger partial charge in [-0.15, -0.1) is 0 Å². The lowest BCUT2D eigenvalue weighted by Gasteiger charge is -2.23. The minimum absolute atomic E-state index is 0.0449. The second kappa shape index (κ2) is 8.20. The summed E-state index contributed by atoms with van der Waals surface area (Å²) in [7, 11) is -7.04. The van der Waals surface area contributed by atoms with Gasteiger partial charge in [0.1, 0.15) is 0 Å². The summed E-state index contributed by atoms with van der Waals surface area (Å²) in [4.78, 5) is 2.22. The molecule has 0 unspecified atom stereocenters. The Balaban J connectivity index is 2.03. The van der Waals surface area contributed by atoms with Crippen LogP contribution in [0.4, 0.5) is 5.69 Å². The van der Waals surface area contributed by atoms with Crippen LogP contribution in [0.1, 0.15) is 12.5 Å². The number of rotatable bonds is 8. The number of anilines is 1. The molecule has 0 saturated carbocycles. The molecule has 0 aromatic heterocycles. The van der Waals surface area contributed by atoms with Crippen LogP contribution < -0.4 is 9.62 Å². The average molecular weight is 397 g/mol. The van der Waals surface area contributed by atoms with E-state index in [-0.39, 0.29) is 16.3 Å². The molecule has 2 aromatic rings. The van der Waals surface area contributed by atoms with Gasteiger partial charge >= 0.3 is 0 Å². The van der Waals surface area contributed by atoms with Crippen LogP contribution in [0.25, 0.3) is 0 Å². The molecule has 0 bridgehead atoms.